The number of nitrogens with one attached hydrogen (secondary N) is 2. The molecule has 27 heavy (non-hydrogen) atoms. The zero-order valence-corrected chi connectivity index (χ0v) is 14.3. The summed E-state index contributed by atoms with van der Waals surface area (Å²) in [7, 11) is 0. The Morgan fingerprint density at radius 2 is 2.07 bits per heavy atom. The third-order valence-corrected chi connectivity index (χ3v) is 4.61. The lowest BCUT2D eigenvalue weighted by atomic mass is 9.97. The first kappa shape index (κ1) is 19.1. The van der Waals surface area contributed by atoms with Crippen molar-refractivity contribution in [2.24, 2.45) is 5.92 Å². The standard InChI is InChI=1S/C16H18F3N5O3/c17-16(18,19)15(25)20-8-10-3-5-23(6-4-10)9-14-21-12-2-1-11(24(26)27)7-13(12)22-14/h1-2,7,10H,3-6,8-9H2,(H,20,25)(H,21,22). The smallest absolute Gasteiger partial charge is 0.348 e. The lowest BCUT2D eigenvalue weighted by Crippen LogP contribution is -2.42. The van der Waals surface area contributed by atoms with Crippen molar-refractivity contribution in [3.05, 3.63) is 34.1 Å². The average Bonchev–Trinajstić information content (AvgIpc) is 3.01. The van der Waals surface area contributed by atoms with Crippen LogP contribution in [0.2, 0.25) is 0 Å². The number of alkyl halides is 3. The van der Waals surface area contributed by atoms with Crippen LogP contribution in [0.5, 0.6) is 0 Å². The van der Waals surface area contributed by atoms with Gasteiger partial charge in [0.05, 0.1) is 22.5 Å². The van der Waals surface area contributed by atoms with Crippen LogP contribution < -0.4 is 5.32 Å². The fourth-order valence-corrected chi connectivity index (χ4v) is 3.14. The molecule has 8 nitrogen and oxygen atoms in total. The molecule has 0 aliphatic carbocycles. The highest BCUT2D eigenvalue weighted by Crippen LogP contribution is 2.22. The molecule has 0 unspecified atom stereocenters. The van der Waals surface area contributed by atoms with Crippen LogP contribution in [0.4, 0.5) is 18.9 Å². The van der Waals surface area contributed by atoms with E-state index in [2.05, 4.69) is 14.9 Å². The quantitative estimate of drug-likeness (QED) is 0.607. The molecule has 146 valence electrons. The molecular formula is C16H18F3N5O3. The van der Waals surface area contributed by atoms with E-state index >= 15 is 0 Å². The fourth-order valence-electron chi connectivity index (χ4n) is 3.14. The van der Waals surface area contributed by atoms with Gasteiger partial charge in [-0.15, -0.1) is 0 Å². The molecule has 1 saturated heterocycles. The normalized spacial score (nSPS) is 16.6. The Hall–Kier alpha value is -2.69. The number of carbonyl (C=O) groups excluding carboxylic acids is 1. The van der Waals surface area contributed by atoms with Gasteiger partial charge >= 0.3 is 12.1 Å². The number of likely N-dealkylation sites (tertiary alicyclic amines) is 1. The number of aromatic amines is 1. The Morgan fingerprint density at radius 1 is 1.37 bits per heavy atom. The number of rotatable bonds is 5. The molecule has 1 fully saturated rings. The van der Waals surface area contributed by atoms with Crippen LogP contribution in [0.3, 0.4) is 0 Å². The Balaban J connectivity index is 1.51. The second-order valence-corrected chi connectivity index (χ2v) is 6.57. The molecule has 1 aromatic heterocycles. The molecule has 11 heteroatoms. The number of imidazole rings is 1. The Kier molecular flexibility index (Phi) is 5.31. The van der Waals surface area contributed by atoms with Gasteiger partial charge in [0.25, 0.3) is 5.69 Å². The SMILES string of the molecule is O=C(NCC1CCN(Cc2nc3ccc([N+](=O)[O-])cc3[nH]2)CC1)C(F)(F)F. The molecular weight excluding hydrogens is 367 g/mol. The summed E-state index contributed by atoms with van der Waals surface area (Å²) in [5.74, 6) is -1.22. The molecule has 0 atom stereocenters. The summed E-state index contributed by atoms with van der Waals surface area (Å²) in [5, 5.41) is 12.8. The number of carbonyl (C=O) groups is 1. The lowest BCUT2D eigenvalue weighted by Gasteiger charge is -2.31. The van der Waals surface area contributed by atoms with Crippen LogP contribution in [0.25, 0.3) is 11.0 Å². The zero-order valence-electron chi connectivity index (χ0n) is 14.3. The summed E-state index contributed by atoms with van der Waals surface area (Å²) in [5.41, 5.74) is 1.21. The maximum atomic E-state index is 12.2. The van der Waals surface area contributed by atoms with Crippen LogP contribution in [-0.4, -0.2) is 51.5 Å². The van der Waals surface area contributed by atoms with Gasteiger partial charge in [-0.2, -0.15) is 13.2 Å². The van der Waals surface area contributed by atoms with Gasteiger partial charge in [0.15, 0.2) is 0 Å². The van der Waals surface area contributed by atoms with Crippen molar-refractivity contribution < 1.29 is 22.9 Å². The van der Waals surface area contributed by atoms with E-state index in [1.54, 1.807) is 6.07 Å². The third-order valence-electron chi connectivity index (χ3n) is 4.61. The van der Waals surface area contributed by atoms with Crippen LogP contribution in [0.15, 0.2) is 18.2 Å². The number of nitrogens with zero attached hydrogens (tertiary/aromatic N) is 3. The van der Waals surface area contributed by atoms with Gasteiger partial charge in [-0.3, -0.25) is 19.8 Å². The van der Waals surface area contributed by atoms with Gasteiger partial charge < -0.3 is 10.3 Å². The number of fused-ring (bicyclic) bond motifs is 1. The van der Waals surface area contributed by atoms with E-state index in [9.17, 15) is 28.1 Å². The molecule has 2 N–H and O–H groups in total. The molecule has 1 amide bonds. The van der Waals surface area contributed by atoms with Crippen molar-refractivity contribution in [2.45, 2.75) is 25.6 Å². The summed E-state index contributed by atoms with van der Waals surface area (Å²) in [6, 6.07) is 4.41. The average molecular weight is 385 g/mol. The predicted octanol–water partition coefficient (Wildman–Crippen LogP) is 2.36. The number of aromatic nitrogens is 2. The Labute approximate surface area is 151 Å². The molecule has 3 rings (SSSR count). The van der Waals surface area contributed by atoms with Crippen LogP contribution in [0.1, 0.15) is 18.7 Å². The van der Waals surface area contributed by atoms with Gasteiger partial charge in [-0.1, -0.05) is 0 Å². The second kappa shape index (κ2) is 7.51. The molecule has 2 aromatic rings. The van der Waals surface area contributed by atoms with Gasteiger partial charge in [-0.05, 0) is 37.9 Å². The minimum atomic E-state index is -4.85. The molecule has 0 saturated carbocycles. The van der Waals surface area contributed by atoms with Crippen molar-refractivity contribution in [3.8, 4) is 0 Å². The summed E-state index contributed by atoms with van der Waals surface area (Å²) < 4.78 is 36.6. The highest BCUT2D eigenvalue weighted by Gasteiger charge is 2.38. The molecule has 1 aliphatic heterocycles. The van der Waals surface area contributed by atoms with Crippen LogP contribution in [0, 0.1) is 16.0 Å². The van der Waals surface area contributed by atoms with Crippen molar-refractivity contribution in [1.29, 1.82) is 0 Å². The number of amides is 1. The van der Waals surface area contributed by atoms with E-state index in [0.717, 1.165) is 0 Å². The van der Waals surface area contributed by atoms with Gasteiger partial charge in [-0.25, -0.2) is 4.98 Å². The zero-order chi connectivity index (χ0) is 19.6. The summed E-state index contributed by atoms with van der Waals surface area (Å²) in [6.07, 6.45) is -3.51. The number of hydrogen-bond donors (Lipinski definition) is 2. The maximum absolute atomic E-state index is 12.2. The molecule has 0 spiro atoms. The Bertz CT molecular complexity index is 843. The van der Waals surface area contributed by atoms with Crippen molar-refractivity contribution in [2.75, 3.05) is 19.6 Å². The molecule has 0 bridgehead atoms. The van der Waals surface area contributed by atoms with Crippen molar-refractivity contribution >= 4 is 22.6 Å². The number of halogens is 3. The summed E-state index contributed by atoms with van der Waals surface area (Å²) in [6.45, 7) is 1.87. The van der Waals surface area contributed by atoms with Gasteiger partial charge in [0.2, 0.25) is 0 Å². The van der Waals surface area contributed by atoms with Gasteiger partial charge in [0.1, 0.15) is 5.82 Å². The first-order valence-corrected chi connectivity index (χ1v) is 8.43. The highest BCUT2D eigenvalue weighted by atomic mass is 19.4. The first-order valence-electron chi connectivity index (χ1n) is 8.43. The fraction of sp³-hybridized carbons (Fsp3) is 0.500. The molecule has 1 aromatic carbocycles. The number of non-ortho nitro benzene ring substituents is 1. The van der Waals surface area contributed by atoms with E-state index in [1.165, 1.54) is 12.1 Å². The molecule has 0 radical (unpaired) electrons. The minimum absolute atomic E-state index is 0.00544. The number of nitro groups is 1. The number of nitro benzene ring substituents is 1. The number of piperidine rings is 1. The van der Waals surface area contributed by atoms with E-state index in [4.69, 9.17) is 0 Å². The Morgan fingerprint density at radius 3 is 2.70 bits per heavy atom. The number of hydrogen-bond acceptors (Lipinski definition) is 5. The number of H-pyrrole nitrogens is 1. The van der Waals surface area contributed by atoms with E-state index < -0.39 is 17.0 Å². The van der Waals surface area contributed by atoms with Crippen molar-refractivity contribution in [1.82, 2.24) is 20.2 Å². The first-order chi connectivity index (χ1) is 12.7. The summed E-state index contributed by atoms with van der Waals surface area (Å²) >= 11 is 0. The van der Waals surface area contributed by atoms with Crippen molar-refractivity contribution in [3.63, 3.8) is 0 Å². The maximum Gasteiger partial charge on any atom is 0.471 e. The second-order valence-electron chi connectivity index (χ2n) is 6.57. The van der Waals surface area contributed by atoms with Crippen LogP contribution in [-0.2, 0) is 11.3 Å². The van der Waals surface area contributed by atoms with E-state index in [1.807, 2.05) is 5.32 Å². The monoisotopic (exact) mass is 385 g/mol. The van der Waals surface area contributed by atoms with Crippen LogP contribution >= 0.6 is 0 Å². The minimum Gasteiger partial charge on any atom is -0.348 e. The number of benzene rings is 1. The third kappa shape index (κ3) is 4.73. The molecule has 2 heterocycles. The van der Waals surface area contributed by atoms with E-state index in [0.29, 0.717) is 49.3 Å². The van der Waals surface area contributed by atoms with Gasteiger partial charge in [0, 0.05) is 18.7 Å². The predicted molar refractivity (Wildman–Crippen MR) is 89.8 cm³/mol. The topological polar surface area (TPSA) is 104 Å². The summed E-state index contributed by atoms with van der Waals surface area (Å²) in [4.78, 5) is 30.8. The molecule has 1 aliphatic rings. The van der Waals surface area contributed by atoms with E-state index in [-0.39, 0.29) is 18.2 Å². The highest BCUT2D eigenvalue weighted by molar-refractivity contribution is 5.81. The largest absolute Gasteiger partial charge is 0.471 e. The lowest BCUT2D eigenvalue weighted by molar-refractivity contribution is -0.384.